The van der Waals surface area contributed by atoms with Gasteiger partial charge in [0.1, 0.15) is 24.2 Å². The highest BCUT2D eigenvalue weighted by Crippen LogP contribution is 2.27. The van der Waals surface area contributed by atoms with Crippen molar-refractivity contribution in [2.75, 3.05) is 24.0 Å². The van der Waals surface area contributed by atoms with E-state index in [4.69, 9.17) is 4.74 Å². The number of amides is 2. The number of benzene rings is 3. The molecule has 0 fully saturated rings. The summed E-state index contributed by atoms with van der Waals surface area (Å²) in [6.07, 6.45) is 0.728. The van der Waals surface area contributed by atoms with Crippen molar-refractivity contribution in [2.24, 2.45) is 0 Å². The van der Waals surface area contributed by atoms with Gasteiger partial charge in [-0.25, -0.2) is 12.8 Å². The fourth-order valence-electron chi connectivity index (χ4n) is 4.09. The summed E-state index contributed by atoms with van der Waals surface area (Å²) in [5, 5.41) is 2.82. The first-order valence-corrected chi connectivity index (χ1v) is 14.6. The van der Waals surface area contributed by atoms with Crippen LogP contribution in [0.2, 0.25) is 0 Å². The Hall–Kier alpha value is -3.92. The fourth-order valence-corrected chi connectivity index (χ4v) is 5.50. The highest BCUT2D eigenvalue weighted by Gasteiger charge is 2.32. The maximum atomic E-state index is 13.9. The van der Waals surface area contributed by atoms with Gasteiger partial charge in [0.2, 0.25) is 11.8 Å². The number of anilines is 1. The van der Waals surface area contributed by atoms with Gasteiger partial charge in [-0.1, -0.05) is 31.2 Å². The van der Waals surface area contributed by atoms with Gasteiger partial charge in [0.05, 0.1) is 17.2 Å². The highest BCUT2D eigenvalue weighted by atomic mass is 32.2. The molecule has 3 rings (SSSR count). The van der Waals surface area contributed by atoms with Crippen LogP contribution in [0, 0.1) is 12.7 Å². The molecule has 3 aromatic carbocycles. The number of hydrogen-bond donors (Lipinski definition) is 1. The van der Waals surface area contributed by atoms with Gasteiger partial charge in [-0.15, -0.1) is 0 Å². The minimum absolute atomic E-state index is 0.111. The van der Waals surface area contributed by atoms with Crippen molar-refractivity contribution in [1.82, 2.24) is 10.2 Å². The monoisotopic (exact) mass is 569 g/mol. The second-order valence-corrected chi connectivity index (χ2v) is 11.2. The van der Waals surface area contributed by atoms with E-state index in [0.717, 1.165) is 46.1 Å². The normalized spacial score (nSPS) is 11.9. The van der Waals surface area contributed by atoms with Gasteiger partial charge in [0.15, 0.2) is 0 Å². The Kier molecular flexibility index (Phi) is 10.7. The highest BCUT2D eigenvalue weighted by molar-refractivity contribution is 7.92. The second kappa shape index (κ2) is 13.9. The summed E-state index contributed by atoms with van der Waals surface area (Å²) >= 11 is 0. The summed E-state index contributed by atoms with van der Waals surface area (Å²) in [4.78, 5) is 28.1. The van der Waals surface area contributed by atoms with Crippen molar-refractivity contribution in [3.8, 4) is 5.75 Å². The molecule has 0 aliphatic carbocycles. The molecule has 0 heterocycles. The summed E-state index contributed by atoms with van der Waals surface area (Å²) in [7, 11) is -4.29. The predicted molar refractivity (Wildman–Crippen MR) is 153 cm³/mol. The van der Waals surface area contributed by atoms with Crippen LogP contribution in [0.5, 0.6) is 5.75 Å². The van der Waals surface area contributed by atoms with Crippen LogP contribution in [0.4, 0.5) is 10.1 Å². The van der Waals surface area contributed by atoms with Gasteiger partial charge in [-0.2, -0.15) is 0 Å². The molecule has 10 heteroatoms. The van der Waals surface area contributed by atoms with E-state index in [2.05, 4.69) is 5.32 Å². The van der Waals surface area contributed by atoms with Crippen LogP contribution < -0.4 is 14.4 Å². The van der Waals surface area contributed by atoms with Crippen LogP contribution >= 0.6 is 0 Å². The summed E-state index contributed by atoms with van der Waals surface area (Å²) < 4.78 is 47.6. The maximum absolute atomic E-state index is 13.9. The van der Waals surface area contributed by atoms with E-state index in [9.17, 15) is 22.4 Å². The van der Waals surface area contributed by atoms with Gasteiger partial charge < -0.3 is 15.0 Å². The Bertz CT molecular complexity index is 1400. The minimum Gasteiger partial charge on any atom is -0.494 e. The van der Waals surface area contributed by atoms with Crippen LogP contribution in [0.15, 0.2) is 77.7 Å². The molecule has 1 N–H and O–H groups in total. The molecule has 0 saturated heterocycles. The van der Waals surface area contributed by atoms with Gasteiger partial charge in [0, 0.05) is 13.1 Å². The zero-order valence-electron chi connectivity index (χ0n) is 23.3. The first kappa shape index (κ1) is 30.6. The molecule has 214 valence electrons. The Balaban J connectivity index is 2.03. The van der Waals surface area contributed by atoms with Crippen molar-refractivity contribution in [1.29, 1.82) is 0 Å². The van der Waals surface area contributed by atoms with E-state index in [-0.39, 0.29) is 23.0 Å². The quantitative estimate of drug-likeness (QED) is 0.323. The number of aryl methyl sites for hydroxylation is 1. The molecule has 0 aromatic heterocycles. The molecule has 40 heavy (non-hydrogen) atoms. The number of rotatable bonds is 13. The molecule has 1 atom stereocenters. The van der Waals surface area contributed by atoms with Gasteiger partial charge in [-0.3, -0.25) is 13.9 Å². The number of carbonyl (C=O) groups excluding carboxylic acids is 2. The largest absolute Gasteiger partial charge is 0.494 e. The molecule has 0 aliphatic heterocycles. The van der Waals surface area contributed by atoms with Crippen molar-refractivity contribution in [2.45, 2.75) is 51.6 Å². The molecule has 0 aliphatic rings. The smallest absolute Gasteiger partial charge is 0.264 e. The lowest BCUT2D eigenvalue weighted by atomic mass is 10.1. The van der Waals surface area contributed by atoms with E-state index >= 15 is 0 Å². The third-order valence-corrected chi connectivity index (χ3v) is 8.22. The number of ether oxygens (including phenoxy) is 1. The fraction of sp³-hybridized carbons (Fsp3) is 0.333. The van der Waals surface area contributed by atoms with Crippen LogP contribution in [-0.4, -0.2) is 50.9 Å². The van der Waals surface area contributed by atoms with E-state index in [1.54, 1.807) is 31.2 Å². The third kappa shape index (κ3) is 7.59. The molecule has 0 unspecified atom stereocenters. The van der Waals surface area contributed by atoms with Crippen LogP contribution in [0.3, 0.4) is 0 Å². The van der Waals surface area contributed by atoms with E-state index in [1.165, 1.54) is 4.90 Å². The number of carbonyl (C=O) groups is 2. The lowest BCUT2D eigenvalue weighted by molar-refractivity contribution is -0.139. The zero-order chi connectivity index (χ0) is 29.3. The van der Waals surface area contributed by atoms with Crippen molar-refractivity contribution >= 4 is 27.5 Å². The molecule has 3 aromatic rings. The SMILES string of the molecule is CCCNC(=O)[C@@H](C)N(Cc1ccccc1C)C(=O)CN(c1ccc(OCC)cc1)S(=O)(=O)c1ccc(F)cc1. The molecule has 0 spiro atoms. The molecular weight excluding hydrogens is 533 g/mol. The maximum Gasteiger partial charge on any atom is 0.264 e. The van der Waals surface area contributed by atoms with Crippen molar-refractivity contribution < 1.29 is 27.1 Å². The summed E-state index contributed by atoms with van der Waals surface area (Å²) in [5.41, 5.74) is 1.99. The lowest BCUT2D eigenvalue weighted by Gasteiger charge is -2.32. The first-order chi connectivity index (χ1) is 19.1. The van der Waals surface area contributed by atoms with E-state index in [1.807, 2.05) is 45.0 Å². The molecule has 0 saturated carbocycles. The summed E-state index contributed by atoms with van der Waals surface area (Å²) in [5.74, 6) is -0.946. The number of sulfonamides is 1. The van der Waals surface area contributed by atoms with E-state index < -0.39 is 34.3 Å². The standard InChI is InChI=1S/C30H36FN3O5S/c1-5-19-32-30(36)23(4)33(20-24-10-8-7-9-22(24)3)29(35)21-34(26-13-15-27(16-14-26)39-6-2)40(37,38)28-17-11-25(31)12-18-28/h7-18,23H,5-6,19-21H2,1-4H3,(H,32,36)/t23-/m1/s1. The van der Waals surface area contributed by atoms with Crippen LogP contribution in [0.1, 0.15) is 38.3 Å². The van der Waals surface area contributed by atoms with Crippen LogP contribution in [-0.2, 0) is 26.2 Å². The number of nitrogens with one attached hydrogen (secondary N) is 1. The molecular formula is C30H36FN3O5S. The number of nitrogens with zero attached hydrogens (tertiary/aromatic N) is 2. The minimum atomic E-state index is -4.29. The second-order valence-electron chi connectivity index (χ2n) is 9.31. The average Bonchev–Trinajstić information content (AvgIpc) is 2.94. The van der Waals surface area contributed by atoms with E-state index in [0.29, 0.717) is 18.9 Å². The van der Waals surface area contributed by atoms with Crippen molar-refractivity contribution in [3.63, 3.8) is 0 Å². The Morgan fingerprint density at radius 2 is 1.62 bits per heavy atom. The summed E-state index contributed by atoms with van der Waals surface area (Å²) in [6.45, 7) is 7.70. The predicted octanol–water partition coefficient (Wildman–Crippen LogP) is 4.67. The summed E-state index contributed by atoms with van der Waals surface area (Å²) in [6, 6.07) is 17.4. The lowest BCUT2D eigenvalue weighted by Crippen LogP contribution is -2.51. The zero-order valence-corrected chi connectivity index (χ0v) is 24.1. The Labute approximate surface area is 235 Å². The van der Waals surface area contributed by atoms with Gasteiger partial charge in [0.25, 0.3) is 10.0 Å². The first-order valence-electron chi connectivity index (χ1n) is 13.2. The third-order valence-electron chi connectivity index (χ3n) is 6.43. The number of halogens is 1. The van der Waals surface area contributed by atoms with Gasteiger partial charge in [-0.05, 0) is 86.8 Å². The number of hydrogen-bond acceptors (Lipinski definition) is 5. The average molecular weight is 570 g/mol. The molecule has 0 bridgehead atoms. The van der Waals surface area contributed by atoms with Gasteiger partial charge >= 0.3 is 0 Å². The van der Waals surface area contributed by atoms with Crippen molar-refractivity contribution in [3.05, 3.63) is 89.7 Å². The Morgan fingerprint density at radius 3 is 2.23 bits per heavy atom. The molecule has 8 nitrogen and oxygen atoms in total. The van der Waals surface area contributed by atoms with Crippen LogP contribution in [0.25, 0.3) is 0 Å². The molecule has 0 radical (unpaired) electrons. The molecule has 2 amide bonds. The Morgan fingerprint density at radius 1 is 0.975 bits per heavy atom. The topological polar surface area (TPSA) is 96.0 Å².